The number of carbonyl (C=O) groups is 2. The van der Waals surface area contributed by atoms with Crippen molar-refractivity contribution in [2.24, 2.45) is 0 Å². The second-order valence-corrected chi connectivity index (χ2v) is 7.06. The normalized spacial score (nSPS) is 20.0. The minimum atomic E-state index is -1.27. The molecular weight excluding hydrogens is 397 g/mol. The molecular formula is C17H23Cl2N3O5. The largest absolute Gasteiger partial charge is 0.469 e. The third-order valence-electron chi connectivity index (χ3n) is 4.13. The molecule has 1 amide bonds. The van der Waals surface area contributed by atoms with Crippen molar-refractivity contribution in [3.05, 3.63) is 28.2 Å². The Bertz CT molecular complexity index is 656. The third-order valence-corrected chi connectivity index (χ3v) is 4.57. The maximum Gasteiger partial charge on any atom is 0.305 e. The quantitative estimate of drug-likeness (QED) is 0.436. The fourth-order valence-corrected chi connectivity index (χ4v) is 3.32. The van der Waals surface area contributed by atoms with E-state index in [2.05, 4.69) is 10.2 Å². The molecule has 0 bridgehead atoms. The Morgan fingerprint density at radius 2 is 1.78 bits per heavy atom. The van der Waals surface area contributed by atoms with Crippen LogP contribution in [0.5, 0.6) is 0 Å². The number of nitrogens with zero attached hydrogens (tertiary/aromatic N) is 2. The standard InChI is InChI=1S/C17H23Cl2N3O5/c1-27-16(25)6-4-2-3-5-14(23)20-21-10-15(24)22(17(21)26)13-8-11(18)7-12(19)9-13/h7-9,15,17,24,26H,2-6,10H2,1H3,(H,20,23). The minimum Gasteiger partial charge on any atom is -0.469 e. The summed E-state index contributed by atoms with van der Waals surface area (Å²) in [6.45, 7) is 0.0133. The van der Waals surface area contributed by atoms with Gasteiger partial charge in [0.2, 0.25) is 12.3 Å². The van der Waals surface area contributed by atoms with E-state index in [0.717, 1.165) is 0 Å². The van der Waals surface area contributed by atoms with E-state index in [1.807, 2.05) is 0 Å². The van der Waals surface area contributed by atoms with Crippen LogP contribution in [-0.4, -0.2) is 53.3 Å². The van der Waals surface area contributed by atoms with Crippen molar-refractivity contribution in [2.45, 2.75) is 44.7 Å². The maximum atomic E-state index is 12.1. The van der Waals surface area contributed by atoms with Gasteiger partial charge < -0.3 is 19.8 Å². The Hall–Kier alpha value is -1.58. The van der Waals surface area contributed by atoms with Crippen LogP contribution in [0.25, 0.3) is 0 Å². The Morgan fingerprint density at radius 3 is 2.41 bits per heavy atom. The van der Waals surface area contributed by atoms with Gasteiger partial charge in [0.1, 0.15) is 6.23 Å². The van der Waals surface area contributed by atoms with Gasteiger partial charge in [0.15, 0.2) is 0 Å². The molecule has 0 spiro atoms. The molecule has 0 aliphatic carbocycles. The summed E-state index contributed by atoms with van der Waals surface area (Å²) < 4.78 is 4.55. The van der Waals surface area contributed by atoms with Gasteiger partial charge in [-0.3, -0.25) is 15.0 Å². The van der Waals surface area contributed by atoms with Crippen LogP contribution in [0.15, 0.2) is 18.2 Å². The summed E-state index contributed by atoms with van der Waals surface area (Å²) in [7, 11) is 1.34. The average Bonchev–Trinajstić information content (AvgIpc) is 2.86. The van der Waals surface area contributed by atoms with E-state index < -0.39 is 12.6 Å². The Balaban J connectivity index is 1.83. The SMILES string of the molecule is COC(=O)CCCCCC(=O)NN1CC(O)N(c2cc(Cl)cc(Cl)c2)C1O. The first-order valence-electron chi connectivity index (χ1n) is 8.55. The second-order valence-electron chi connectivity index (χ2n) is 6.19. The number of amides is 1. The number of carbonyl (C=O) groups excluding carboxylic acids is 2. The summed E-state index contributed by atoms with van der Waals surface area (Å²) in [5.41, 5.74) is 3.02. The van der Waals surface area contributed by atoms with Crippen LogP contribution in [0, 0.1) is 0 Å². The first kappa shape index (κ1) is 21.7. The van der Waals surface area contributed by atoms with Crippen LogP contribution in [-0.2, 0) is 14.3 Å². The summed E-state index contributed by atoms with van der Waals surface area (Å²) in [6.07, 6.45) is 0.209. The summed E-state index contributed by atoms with van der Waals surface area (Å²) >= 11 is 11.9. The fraction of sp³-hybridized carbons (Fsp3) is 0.529. The first-order chi connectivity index (χ1) is 12.8. The smallest absolute Gasteiger partial charge is 0.305 e. The molecule has 0 aromatic heterocycles. The summed E-state index contributed by atoms with van der Waals surface area (Å²) in [4.78, 5) is 24.4. The Labute approximate surface area is 167 Å². The molecule has 2 atom stereocenters. The fourth-order valence-electron chi connectivity index (χ4n) is 2.81. The Kier molecular flexibility index (Phi) is 8.12. The van der Waals surface area contributed by atoms with Gasteiger partial charge >= 0.3 is 5.97 Å². The molecule has 1 aromatic carbocycles. The molecule has 8 nitrogen and oxygen atoms in total. The molecule has 0 radical (unpaired) electrons. The van der Waals surface area contributed by atoms with E-state index >= 15 is 0 Å². The van der Waals surface area contributed by atoms with Gasteiger partial charge in [-0.25, -0.2) is 0 Å². The van der Waals surface area contributed by atoms with Crippen molar-refractivity contribution < 1.29 is 24.5 Å². The minimum absolute atomic E-state index is 0.0133. The highest BCUT2D eigenvalue weighted by Gasteiger charge is 2.38. The number of unbranched alkanes of at least 4 members (excludes halogenated alkanes) is 2. The summed E-state index contributed by atoms with van der Waals surface area (Å²) in [6, 6.07) is 4.67. The molecule has 2 rings (SSSR count). The lowest BCUT2D eigenvalue weighted by Gasteiger charge is -2.28. The Morgan fingerprint density at radius 1 is 1.15 bits per heavy atom. The average molecular weight is 420 g/mol. The predicted octanol–water partition coefficient (Wildman–Crippen LogP) is 1.86. The number of hydrazine groups is 1. The van der Waals surface area contributed by atoms with E-state index in [-0.39, 0.29) is 24.8 Å². The summed E-state index contributed by atoms with van der Waals surface area (Å²) in [5, 5.41) is 22.7. The van der Waals surface area contributed by atoms with Crippen LogP contribution in [0.1, 0.15) is 32.1 Å². The number of esters is 1. The molecule has 3 N–H and O–H groups in total. The zero-order valence-electron chi connectivity index (χ0n) is 14.9. The molecule has 1 saturated heterocycles. The number of rotatable bonds is 8. The zero-order chi connectivity index (χ0) is 20.0. The van der Waals surface area contributed by atoms with Crippen LogP contribution in [0.4, 0.5) is 5.69 Å². The molecule has 27 heavy (non-hydrogen) atoms. The number of anilines is 1. The molecule has 10 heteroatoms. The van der Waals surface area contributed by atoms with E-state index in [4.69, 9.17) is 23.2 Å². The lowest BCUT2D eigenvalue weighted by molar-refractivity contribution is -0.140. The highest BCUT2D eigenvalue weighted by atomic mass is 35.5. The van der Waals surface area contributed by atoms with Gasteiger partial charge in [-0.2, -0.15) is 5.01 Å². The molecule has 150 valence electrons. The first-order valence-corrected chi connectivity index (χ1v) is 9.31. The van der Waals surface area contributed by atoms with Gasteiger partial charge in [0.05, 0.1) is 13.7 Å². The van der Waals surface area contributed by atoms with Gasteiger partial charge in [-0.05, 0) is 31.0 Å². The number of methoxy groups -OCH3 is 1. The number of ether oxygens (including phenoxy) is 1. The van der Waals surface area contributed by atoms with Gasteiger partial charge in [-0.15, -0.1) is 0 Å². The molecule has 1 fully saturated rings. The lowest BCUT2D eigenvalue weighted by atomic mass is 10.1. The second kappa shape index (κ2) is 10.1. The third kappa shape index (κ3) is 6.22. The van der Waals surface area contributed by atoms with Crippen molar-refractivity contribution in [1.82, 2.24) is 10.4 Å². The van der Waals surface area contributed by atoms with Crippen molar-refractivity contribution >= 4 is 40.8 Å². The monoisotopic (exact) mass is 419 g/mol. The zero-order valence-corrected chi connectivity index (χ0v) is 16.4. The molecule has 1 aromatic rings. The predicted molar refractivity (Wildman–Crippen MR) is 101 cm³/mol. The number of hydrogen-bond donors (Lipinski definition) is 3. The van der Waals surface area contributed by atoms with Crippen molar-refractivity contribution in [3.8, 4) is 0 Å². The van der Waals surface area contributed by atoms with Crippen LogP contribution < -0.4 is 10.3 Å². The number of hydrogen-bond acceptors (Lipinski definition) is 7. The van der Waals surface area contributed by atoms with Crippen LogP contribution in [0.2, 0.25) is 10.0 Å². The topological polar surface area (TPSA) is 102 Å². The number of halogens is 2. The van der Waals surface area contributed by atoms with Crippen molar-refractivity contribution in [2.75, 3.05) is 18.6 Å². The molecule has 1 aliphatic rings. The van der Waals surface area contributed by atoms with Crippen molar-refractivity contribution in [1.29, 1.82) is 0 Å². The van der Waals surface area contributed by atoms with Crippen LogP contribution >= 0.6 is 23.2 Å². The van der Waals surface area contributed by atoms with Gasteiger partial charge in [0.25, 0.3) is 0 Å². The highest BCUT2D eigenvalue weighted by molar-refractivity contribution is 6.35. The van der Waals surface area contributed by atoms with E-state index in [9.17, 15) is 19.8 Å². The molecule has 1 aliphatic heterocycles. The summed E-state index contributed by atoms with van der Waals surface area (Å²) in [5.74, 6) is -0.555. The van der Waals surface area contributed by atoms with E-state index in [1.54, 1.807) is 18.2 Å². The van der Waals surface area contributed by atoms with Gasteiger partial charge in [-0.1, -0.05) is 29.6 Å². The number of β-amino-alcohol motifs (C(OH)–C–C–N with tert-alkyl or cyclic N) is 1. The number of nitrogens with one attached hydrogen (secondary N) is 1. The molecule has 0 saturated carbocycles. The van der Waals surface area contributed by atoms with E-state index in [1.165, 1.54) is 17.0 Å². The number of benzene rings is 1. The molecule has 1 heterocycles. The van der Waals surface area contributed by atoms with Gasteiger partial charge in [0, 0.05) is 28.6 Å². The number of aliphatic hydroxyl groups is 2. The highest BCUT2D eigenvalue weighted by Crippen LogP contribution is 2.30. The van der Waals surface area contributed by atoms with Crippen molar-refractivity contribution in [3.63, 3.8) is 0 Å². The molecule has 2 unspecified atom stereocenters. The maximum absolute atomic E-state index is 12.1. The van der Waals surface area contributed by atoms with Crippen LogP contribution in [0.3, 0.4) is 0 Å². The number of aliphatic hydroxyl groups excluding tert-OH is 2. The lowest BCUT2D eigenvalue weighted by Crippen LogP contribution is -2.49. The van der Waals surface area contributed by atoms with E-state index in [0.29, 0.717) is 41.4 Å².